The van der Waals surface area contributed by atoms with Crippen LogP contribution in [0.5, 0.6) is 0 Å². The van der Waals surface area contributed by atoms with Gasteiger partial charge in [-0.3, -0.25) is 0 Å². The fraction of sp³-hybridized carbons (Fsp3) is 0.522. The van der Waals surface area contributed by atoms with Crippen LogP contribution in [0.2, 0.25) is 0 Å². The van der Waals surface area contributed by atoms with Crippen LogP contribution in [0.25, 0.3) is 0 Å². The fourth-order valence-electron chi connectivity index (χ4n) is 4.53. The summed E-state index contributed by atoms with van der Waals surface area (Å²) in [6.45, 7) is 7.04. The summed E-state index contributed by atoms with van der Waals surface area (Å²) < 4.78 is 84.9. The van der Waals surface area contributed by atoms with Crippen LogP contribution in [0.1, 0.15) is 42.1 Å². The molecular weight excluding hydrogens is 492 g/mol. The number of halogens is 6. The molecule has 2 unspecified atom stereocenters. The number of hydrogen-bond donors (Lipinski definition) is 1. The number of aromatic nitrogens is 2. The van der Waals surface area contributed by atoms with Crippen molar-refractivity contribution >= 4 is 17.5 Å². The molecule has 1 saturated heterocycles. The van der Waals surface area contributed by atoms with Gasteiger partial charge in [-0.05, 0) is 39.0 Å². The smallest absolute Gasteiger partial charge is 0.372 e. The number of anilines is 2. The molecule has 1 aromatic heterocycles. The molecule has 2 aliphatic heterocycles. The quantitative estimate of drug-likeness (QED) is 0.567. The Hall–Kier alpha value is -3.09. The fourth-order valence-corrected chi connectivity index (χ4v) is 4.53. The monoisotopic (exact) mass is 517 g/mol. The molecule has 196 valence electrons. The van der Waals surface area contributed by atoms with Crippen molar-refractivity contribution in [2.75, 3.05) is 29.9 Å². The van der Waals surface area contributed by atoms with Gasteiger partial charge in [0.25, 0.3) is 0 Å². The molecule has 1 fully saturated rings. The molecule has 0 bridgehead atoms. The minimum Gasteiger partial charge on any atom is -0.372 e. The van der Waals surface area contributed by atoms with Gasteiger partial charge in [0, 0.05) is 37.3 Å². The van der Waals surface area contributed by atoms with Crippen molar-refractivity contribution in [2.45, 2.75) is 58.3 Å². The van der Waals surface area contributed by atoms with Gasteiger partial charge in [0.2, 0.25) is 0 Å². The van der Waals surface area contributed by atoms with E-state index >= 15 is 0 Å². The van der Waals surface area contributed by atoms with Gasteiger partial charge in [0.15, 0.2) is 0 Å². The molecule has 36 heavy (non-hydrogen) atoms. The normalized spacial score (nSPS) is 20.8. The van der Waals surface area contributed by atoms with Gasteiger partial charge in [-0.2, -0.15) is 26.3 Å². The maximum Gasteiger partial charge on any atom is 0.416 e. The molecule has 2 amide bonds. The summed E-state index contributed by atoms with van der Waals surface area (Å²) in [6, 6.07) is 0.172. The largest absolute Gasteiger partial charge is 0.416 e. The molecule has 1 aromatic carbocycles. The summed E-state index contributed by atoms with van der Waals surface area (Å²) >= 11 is 0. The zero-order valence-electron chi connectivity index (χ0n) is 19.8. The van der Waals surface area contributed by atoms with E-state index in [0.29, 0.717) is 48.8 Å². The first-order valence-electron chi connectivity index (χ1n) is 11.3. The molecule has 1 N–H and O–H groups in total. The minimum atomic E-state index is -5.01. The van der Waals surface area contributed by atoms with E-state index in [1.807, 2.05) is 13.8 Å². The number of carbonyl (C=O) groups is 1. The maximum absolute atomic E-state index is 13.2. The Bertz CT molecular complexity index is 1110. The number of ether oxygens (including phenoxy) is 1. The number of rotatable bonds is 2. The number of benzene rings is 1. The van der Waals surface area contributed by atoms with Gasteiger partial charge in [0.05, 0.1) is 35.6 Å². The predicted molar refractivity (Wildman–Crippen MR) is 119 cm³/mol. The van der Waals surface area contributed by atoms with E-state index in [1.54, 1.807) is 6.92 Å². The van der Waals surface area contributed by atoms with Crippen LogP contribution < -0.4 is 10.2 Å². The van der Waals surface area contributed by atoms with Gasteiger partial charge in [-0.1, -0.05) is 0 Å². The highest BCUT2D eigenvalue weighted by molar-refractivity contribution is 5.90. The van der Waals surface area contributed by atoms with Crippen LogP contribution in [-0.2, 0) is 30.1 Å². The molecule has 0 radical (unpaired) electrons. The first-order valence-corrected chi connectivity index (χ1v) is 11.3. The number of nitrogens with one attached hydrogen (secondary N) is 1. The lowest BCUT2D eigenvalue weighted by Crippen LogP contribution is -2.47. The lowest BCUT2D eigenvalue weighted by Gasteiger charge is -2.38. The van der Waals surface area contributed by atoms with Crippen molar-refractivity contribution in [3.05, 3.63) is 46.4 Å². The van der Waals surface area contributed by atoms with Crippen LogP contribution in [0.4, 0.5) is 42.6 Å². The molecule has 7 nitrogen and oxygen atoms in total. The van der Waals surface area contributed by atoms with Crippen LogP contribution in [-0.4, -0.2) is 52.7 Å². The third-order valence-corrected chi connectivity index (χ3v) is 6.00. The Labute approximate surface area is 203 Å². The second-order valence-corrected chi connectivity index (χ2v) is 9.08. The Morgan fingerprint density at radius 1 is 1.00 bits per heavy atom. The molecule has 4 rings (SSSR count). The molecule has 3 heterocycles. The number of amides is 2. The van der Waals surface area contributed by atoms with Crippen molar-refractivity contribution in [3.63, 3.8) is 0 Å². The van der Waals surface area contributed by atoms with Gasteiger partial charge in [0.1, 0.15) is 11.6 Å². The lowest BCUT2D eigenvalue weighted by atomic mass is 10.0. The summed E-state index contributed by atoms with van der Waals surface area (Å²) in [5, 5.41) is 2.20. The molecular formula is C23H25F6N5O2. The van der Waals surface area contributed by atoms with Crippen molar-refractivity contribution in [3.8, 4) is 0 Å². The Morgan fingerprint density at radius 2 is 1.58 bits per heavy atom. The van der Waals surface area contributed by atoms with Gasteiger partial charge < -0.3 is 19.9 Å². The van der Waals surface area contributed by atoms with E-state index in [-0.39, 0.29) is 31.4 Å². The average molecular weight is 517 g/mol. The van der Waals surface area contributed by atoms with E-state index in [4.69, 9.17) is 4.74 Å². The van der Waals surface area contributed by atoms with Crippen LogP contribution in [0, 0.1) is 6.92 Å². The van der Waals surface area contributed by atoms with E-state index in [2.05, 4.69) is 20.2 Å². The lowest BCUT2D eigenvalue weighted by molar-refractivity contribution is -0.143. The summed E-state index contributed by atoms with van der Waals surface area (Å²) in [4.78, 5) is 25.4. The average Bonchev–Trinajstić information content (AvgIpc) is 2.76. The number of fused-ring (bicyclic) bond motifs is 1. The highest BCUT2D eigenvalue weighted by Crippen LogP contribution is 2.38. The Kier molecular flexibility index (Phi) is 6.80. The summed E-state index contributed by atoms with van der Waals surface area (Å²) in [5.74, 6) is 1.22. The number of alkyl halides is 6. The first kappa shape index (κ1) is 26.0. The highest BCUT2D eigenvalue weighted by atomic mass is 19.4. The van der Waals surface area contributed by atoms with Gasteiger partial charge in [-0.15, -0.1) is 0 Å². The van der Waals surface area contributed by atoms with Crippen LogP contribution in [0.15, 0.2) is 18.2 Å². The standard InChI is InChI=1S/C23H25F6N5O2/c1-12-9-34(10-13(2)36-12)20-18-11-33(5-4-19(18)30-14(3)31-20)21(35)32-17-7-15(22(24,25)26)6-16(8-17)23(27,28)29/h6-8,12-13H,4-5,9-11H2,1-3H3,(H,32,35). The molecule has 2 atom stereocenters. The number of nitrogens with zero attached hydrogens (tertiary/aromatic N) is 4. The van der Waals surface area contributed by atoms with Crippen LogP contribution >= 0.6 is 0 Å². The molecule has 13 heteroatoms. The predicted octanol–water partition coefficient (Wildman–Crippen LogP) is 5.03. The molecule has 0 saturated carbocycles. The SMILES string of the molecule is Cc1nc2c(c(N3CC(C)OC(C)C3)n1)CN(C(=O)Nc1cc(C(F)(F)F)cc(C(F)(F)F)c1)CC2. The van der Waals surface area contributed by atoms with Crippen molar-refractivity contribution < 1.29 is 35.9 Å². The second kappa shape index (κ2) is 9.41. The van der Waals surface area contributed by atoms with E-state index in [1.165, 1.54) is 4.90 Å². The second-order valence-electron chi connectivity index (χ2n) is 9.08. The number of carbonyl (C=O) groups excluding carboxylic acids is 1. The van der Waals surface area contributed by atoms with E-state index in [9.17, 15) is 31.1 Å². The maximum atomic E-state index is 13.2. The topological polar surface area (TPSA) is 70.6 Å². The molecule has 0 aliphatic carbocycles. The number of hydrogen-bond acceptors (Lipinski definition) is 5. The van der Waals surface area contributed by atoms with Gasteiger partial charge >= 0.3 is 18.4 Å². The molecule has 2 aromatic rings. The zero-order valence-corrected chi connectivity index (χ0v) is 19.8. The Morgan fingerprint density at radius 3 is 2.14 bits per heavy atom. The first-order chi connectivity index (χ1) is 16.7. The highest BCUT2D eigenvalue weighted by Gasteiger charge is 2.37. The summed E-state index contributed by atoms with van der Waals surface area (Å²) in [5.41, 5.74) is -2.14. The van der Waals surface area contributed by atoms with E-state index in [0.717, 1.165) is 5.69 Å². The molecule has 0 spiro atoms. The van der Waals surface area contributed by atoms with Crippen molar-refractivity contribution in [1.82, 2.24) is 14.9 Å². The third kappa shape index (κ3) is 5.66. The van der Waals surface area contributed by atoms with Crippen molar-refractivity contribution in [2.24, 2.45) is 0 Å². The minimum absolute atomic E-state index is 0.0169. The molecule has 2 aliphatic rings. The van der Waals surface area contributed by atoms with Crippen molar-refractivity contribution in [1.29, 1.82) is 0 Å². The summed E-state index contributed by atoms with van der Waals surface area (Å²) in [7, 11) is 0. The summed E-state index contributed by atoms with van der Waals surface area (Å²) in [6.07, 6.45) is -9.76. The number of morpholine rings is 1. The Balaban J connectivity index is 1.60. The number of aryl methyl sites for hydroxylation is 1. The van der Waals surface area contributed by atoms with Crippen LogP contribution in [0.3, 0.4) is 0 Å². The zero-order chi connectivity index (χ0) is 26.4. The third-order valence-electron chi connectivity index (χ3n) is 6.00. The van der Waals surface area contributed by atoms with E-state index < -0.39 is 35.2 Å². The van der Waals surface area contributed by atoms with Gasteiger partial charge in [-0.25, -0.2) is 14.8 Å². The number of urea groups is 1.